The Morgan fingerprint density at radius 3 is 2.75 bits per heavy atom. The van der Waals surface area contributed by atoms with E-state index in [0.29, 0.717) is 54.2 Å². The Kier molecular flexibility index (Phi) is 8.44. The van der Waals surface area contributed by atoms with Crippen molar-refractivity contribution in [2.75, 3.05) is 31.1 Å². The van der Waals surface area contributed by atoms with Crippen molar-refractivity contribution in [1.82, 2.24) is 29.8 Å². The lowest BCUT2D eigenvalue weighted by Crippen LogP contribution is -2.42. The van der Waals surface area contributed by atoms with E-state index in [0.717, 1.165) is 23.7 Å². The molecule has 0 spiro atoms. The van der Waals surface area contributed by atoms with Crippen LogP contribution in [0.4, 0.5) is 14.6 Å². The molecule has 40 heavy (non-hydrogen) atoms. The maximum atomic E-state index is 14.5. The van der Waals surface area contributed by atoms with Crippen LogP contribution in [0.25, 0.3) is 27.5 Å². The van der Waals surface area contributed by atoms with E-state index in [2.05, 4.69) is 36.1 Å². The monoisotopic (exact) mass is 585 g/mol. The van der Waals surface area contributed by atoms with Crippen LogP contribution in [-0.2, 0) is 0 Å². The lowest BCUT2D eigenvalue weighted by atomic mass is 10.1. The van der Waals surface area contributed by atoms with Crippen molar-refractivity contribution in [2.24, 2.45) is 0 Å². The molecule has 1 saturated heterocycles. The number of anilines is 1. The molecule has 4 aromatic heterocycles. The van der Waals surface area contributed by atoms with Crippen LogP contribution in [0.5, 0.6) is 0 Å². The van der Waals surface area contributed by atoms with Crippen LogP contribution < -0.4 is 10.2 Å². The van der Waals surface area contributed by atoms with Crippen LogP contribution in [0, 0.1) is 0 Å². The third-order valence-corrected chi connectivity index (χ3v) is 8.75. The molecule has 212 valence electrons. The summed E-state index contributed by atoms with van der Waals surface area (Å²) in [6.45, 7) is 8.91. The molecule has 1 amide bonds. The third-order valence-electron chi connectivity index (χ3n) is 7.48. The van der Waals surface area contributed by atoms with Gasteiger partial charge in [0.05, 0.1) is 34.1 Å². The first-order chi connectivity index (χ1) is 19.2. The highest BCUT2D eigenvalue weighted by molar-refractivity contribution is 7.18. The summed E-state index contributed by atoms with van der Waals surface area (Å²) in [5.74, 6) is 0.0684. The van der Waals surface area contributed by atoms with Crippen molar-refractivity contribution in [3.63, 3.8) is 0 Å². The van der Waals surface area contributed by atoms with Gasteiger partial charge in [0.1, 0.15) is 5.82 Å². The second-order valence-corrected chi connectivity index (χ2v) is 11.7. The molecule has 3 atom stereocenters. The minimum atomic E-state index is -2.99. The SMILES string of the molecule is CCN(CC)C(C)CNC(=O)c1cc(-c2cnn3ccc(-c4cccs4)nc23)nc(N2CCCC2C(F)(F)P)c1. The Balaban J connectivity index is 1.55. The van der Waals surface area contributed by atoms with E-state index in [1.54, 1.807) is 48.3 Å². The van der Waals surface area contributed by atoms with Gasteiger partial charge in [-0.25, -0.2) is 23.3 Å². The van der Waals surface area contributed by atoms with Crippen molar-refractivity contribution >= 4 is 37.9 Å². The first kappa shape index (κ1) is 28.5. The van der Waals surface area contributed by atoms with E-state index < -0.39 is 11.7 Å². The average Bonchev–Trinajstić information content (AvgIpc) is 3.72. The molecule has 0 aliphatic carbocycles. The molecule has 5 heterocycles. The largest absolute Gasteiger partial charge is 0.350 e. The van der Waals surface area contributed by atoms with Gasteiger partial charge in [-0.15, -0.1) is 11.3 Å². The van der Waals surface area contributed by atoms with Gasteiger partial charge in [0, 0.05) is 30.9 Å². The van der Waals surface area contributed by atoms with E-state index in [9.17, 15) is 13.6 Å². The summed E-state index contributed by atoms with van der Waals surface area (Å²) in [4.78, 5) is 27.9. The summed E-state index contributed by atoms with van der Waals surface area (Å²) in [6, 6.07) is 8.30. The van der Waals surface area contributed by atoms with Gasteiger partial charge in [-0.2, -0.15) is 5.10 Å². The van der Waals surface area contributed by atoms with Crippen LogP contribution >= 0.6 is 20.6 Å². The molecule has 0 aromatic carbocycles. The predicted octanol–water partition coefficient (Wildman–Crippen LogP) is 5.42. The van der Waals surface area contributed by atoms with Crippen molar-refractivity contribution in [2.45, 2.75) is 51.4 Å². The molecule has 1 N–H and O–H groups in total. The molecule has 1 aliphatic rings. The Bertz CT molecular complexity index is 1470. The van der Waals surface area contributed by atoms with Crippen LogP contribution in [0.3, 0.4) is 0 Å². The number of alkyl halides is 2. The summed E-state index contributed by atoms with van der Waals surface area (Å²) in [7, 11) is 1.67. The van der Waals surface area contributed by atoms with Gasteiger partial charge < -0.3 is 10.2 Å². The van der Waals surface area contributed by atoms with E-state index in [-0.39, 0.29) is 11.9 Å². The average molecular weight is 586 g/mol. The molecule has 5 rings (SSSR count). The first-order valence-electron chi connectivity index (χ1n) is 13.6. The van der Waals surface area contributed by atoms with Crippen molar-refractivity contribution < 1.29 is 13.6 Å². The molecule has 12 heteroatoms. The van der Waals surface area contributed by atoms with Gasteiger partial charge in [0.15, 0.2) is 5.65 Å². The highest BCUT2D eigenvalue weighted by Gasteiger charge is 2.42. The van der Waals surface area contributed by atoms with Gasteiger partial charge in [-0.1, -0.05) is 29.2 Å². The number of hydrogen-bond acceptors (Lipinski definition) is 7. The molecule has 8 nitrogen and oxygen atoms in total. The number of likely N-dealkylation sites (N-methyl/N-ethyl adjacent to an activating group) is 1. The lowest BCUT2D eigenvalue weighted by molar-refractivity contribution is 0.0749. The number of carbonyl (C=O) groups is 1. The smallest absolute Gasteiger partial charge is 0.278 e. The molecular formula is C28H34F2N7OPS. The Labute approximate surface area is 239 Å². The number of rotatable bonds is 10. The van der Waals surface area contributed by atoms with E-state index >= 15 is 0 Å². The quantitative estimate of drug-likeness (QED) is 0.251. The maximum Gasteiger partial charge on any atom is 0.278 e. The zero-order chi connectivity index (χ0) is 28.4. The number of nitrogens with one attached hydrogen (secondary N) is 1. The first-order valence-corrected chi connectivity index (χ1v) is 15.0. The van der Waals surface area contributed by atoms with Crippen LogP contribution in [-0.4, -0.2) is 74.3 Å². The molecular weight excluding hydrogens is 551 g/mol. The standard InChI is InChI=1S/C28H34F2N7OPS/c1-4-35(5-2)18(3)16-31-27(38)19-14-22(33-25(15-19)36-11-6-9-24(36)28(29,30)39)20-17-32-37-12-10-21(34-26(20)37)23-8-7-13-40-23/h7-8,10,12-15,17-18,24H,4-6,9,11,16,39H2,1-3H3,(H,31,38). The van der Waals surface area contributed by atoms with E-state index in [4.69, 9.17) is 9.97 Å². The second kappa shape index (κ2) is 11.8. The van der Waals surface area contributed by atoms with Crippen molar-refractivity contribution in [3.8, 4) is 21.8 Å². The third kappa shape index (κ3) is 5.87. The number of nitrogens with zero attached hydrogens (tertiary/aromatic N) is 6. The predicted molar refractivity (Wildman–Crippen MR) is 159 cm³/mol. The number of halogens is 2. The zero-order valence-corrected chi connectivity index (χ0v) is 24.8. The van der Waals surface area contributed by atoms with Gasteiger partial charge in [0.2, 0.25) is 0 Å². The molecule has 1 fully saturated rings. The highest BCUT2D eigenvalue weighted by atomic mass is 32.1. The number of thiophene rings is 1. The van der Waals surface area contributed by atoms with Gasteiger partial charge in [-0.05, 0) is 62.5 Å². The van der Waals surface area contributed by atoms with Crippen LogP contribution in [0.1, 0.15) is 44.0 Å². The fourth-order valence-corrected chi connectivity index (χ4v) is 6.34. The topological polar surface area (TPSA) is 78.7 Å². The fourth-order valence-electron chi connectivity index (χ4n) is 5.30. The van der Waals surface area contributed by atoms with Crippen LogP contribution in [0.2, 0.25) is 0 Å². The van der Waals surface area contributed by atoms with Crippen molar-refractivity contribution in [1.29, 1.82) is 0 Å². The van der Waals surface area contributed by atoms with Gasteiger partial charge in [0.25, 0.3) is 11.6 Å². The fraction of sp³-hybridized carbons (Fsp3) is 0.429. The lowest BCUT2D eigenvalue weighted by Gasteiger charge is -2.30. The normalized spacial score (nSPS) is 16.7. The molecule has 1 aliphatic heterocycles. The molecule has 0 saturated carbocycles. The number of amides is 1. The zero-order valence-electron chi connectivity index (χ0n) is 22.8. The van der Waals surface area contributed by atoms with Crippen LogP contribution in [0.15, 0.2) is 48.1 Å². The van der Waals surface area contributed by atoms with E-state index in [1.807, 2.05) is 29.8 Å². The number of aromatic nitrogens is 4. The van der Waals surface area contributed by atoms with E-state index in [1.165, 1.54) is 0 Å². The van der Waals surface area contributed by atoms with Gasteiger partial charge >= 0.3 is 0 Å². The highest BCUT2D eigenvalue weighted by Crippen LogP contribution is 2.39. The summed E-state index contributed by atoms with van der Waals surface area (Å²) in [5, 5.41) is 9.47. The Morgan fingerprint density at radius 2 is 2.05 bits per heavy atom. The summed E-state index contributed by atoms with van der Waals surface area (Å²) in [6.07, 6.45) is 4.44. The second-order valence-electron chi connectivity index (χ2n) is 10.0. The van der Waals surface area contributed by atoms with Gasteiger partial charge in [-0.3, -0.25) is 9.69 Å². The van der Waals surface area contributed by atoms with Crippen molar-refractivity contribution in [3.05, 3.63) is 53.7 Å². The Hall–Kier alpha value is -3.01. The number of pyridine rings is 1. The minimum Gasteiger partial charge on any atom is -0.350 e. The number of hydrogen-bond donors (Lipinski definition) is 1. The molecule has 4 aromatic rings. The summed E-state index contributed by atoms with van der Waals surface area (Å²) in [5.41, 5.74) is -0.171. The Morgan fingerprint density at radius 1 is 1.25 bits per heavy atom. The number of carbonyl (C=O) groups excluding carboxylic acids is 1. The minimum absolute atomic E-state index is 0.151. The maximum absolute atomic E-state index is 14.5. The molecule has 0 bridgehead atoms. The molecule has 3 unspecified atom stereocenters. The molecule has 0 radical (unpaired) electrons. The number of fused-ring (bicyclic) bond motifs is 1. The summed E-state index contributed by atoms with van der Waals surface area (Å²) >= 11 is 1.59. The summed E-state index contributed by atoms with van der Waals surface area (Å²) < 4.78 is 30.7.